The zero-order valence-corrected chi connectivity index (χ0v) is 13.5. The molecule has 2 aromatic carbocycles. The van der Waals surface area contributed by atoms with Crippen molar-refractivity contribution in [2.24, 2.45) is 0 Å². The van der Waals surface area contributed by atoms with Gasteiger partial charge < -0.3 is 10.2 Å². The normalized spacial score (nSPS) is 10.9. The van der Waals surface area contributed by atoms with Gasteiger partial charge in [-0.25, -0.2) is 0 Å². The zero-order valence-electron chi connectivity index (χ0n) is 13.5. The monoisotopic (exact) mass is 321 g/mol. The molecule has 1 amide bonds. The largest absolute Gasteiger partial charge is 0.325 e. The van der Waals surface area contributed by atoms with Crippen LogP contribution >= 0.6 is 0 Å². The second-order valence-corrected chi connectivity index (χ2v) is 5.45. The fraction of sp³-hybridized carbons (Fsp3) is 0.158. The summed E-state index contributed by atoms with van der Waals surface area (Å²) in [5, 5.41) is 6.60. The lowest BCUT2D eigenvalue weighted by Gasteiger charge is -2.19. The molecule has 0 radical (unpaired) electrons. The van der Waals surface area contributed by atoms with E-state index in [2.05, 4.69) is 10.3 Å². The van der Waals surface area contributed by atoms with E-state index in [-0.39, 0.29) is 12.5 Å². The summed E-state index contributed by atoms with van der Waals surface area (Å²) in [6.07, 6.45) is 3.54. The second-order valence-electron chi connectivity index (χ2n) is 5.45. The molecule has 24 heavy (non-hydrogen) atoms. The van der Waals surface area contributed by atoms with E-state index in [1.165, 1.54) is 0 Å². The van der Waals surface area contributed by atoms with Crippen LogP contribution in [-0.4, -0.2) is 29.6 Å². The number of hydroxylamine groups is 2. The third kappa shape index (κ3) is 4.16. The first-order chi connectivity index (χ1) is 11.7. The summed E-state index contributed by atoms with van der Waals surface area (Å²) in [7, 11) is 1.57. The predicted octanol–water partition coefficient (Wildman–Crippen LogP) is 3.24. The fourth-order valence-electron chi connectivity index (χ4n) is 2.49. The molecule has 0 bridgehead atoms. The summed E-state index contributed by atoms with van der Waals surface area (Å²) in [6, 6.07) is 17.6. The first-order valence-electron chi connectivity index (χ1n) is 7.71. The van der Waals surface area contributed by atoms with Gasteiger partial charge in [-0.05, 0) is 29.1 Å². The Bertz CT molecular complexity index is 821. The highest BCUT2D eigenvalue weighted by Gasteiger charge is 2.11. The molecule has 0 atom stereocenters. The summed E-state index contributed by atoms with van der Waals surface area (Å²) < 4.78 is 0. The van der Waals surface area contributed by atoms with Crippen molar-refractivity contribution in [3.05, 3.63) is 72.6 Å². The maximum atomic E-state index is 12.3. The van der Waals surface area contributed by atoms with Crippen LogP contribution in [0.25, 0.3) is 10.8 Å². The highest BCUT2D eigenvalue weighted by Crippen LogP contribution is 2.18. The van der Waals surface area contributed by atoms with Crippen molar-refractivity contribution in [1.29, 1.82) is 0 Å². The van der Waals surface area contributed by atoms with E-state index in [0.717, 1.165) is 22.0 Å². The number of hydrogen-bond donors (Lipinski definition) is 1. The van der Waals surface area contributed by atoms with Gasteiger partial charge in [0.15, 0.2) is 0 Å². The number of aromatic nitrogens is 1. The number of carbonyl (C=O) groups excluding carboxylic acids is 1. The number of fused-ring (bicyclic) bond motifs is 1. The van der Waals surface area contributed by atoms with Crippen molar-refractivity contribution in [2.75, 3.05) is 19.0 Å². The van der Waals surface area contributed by atoms with Crippen molar-refractivity contribution >= 4 is 22.4 Å². The Morgan fingerprint density at radius 1 is 1.12 bits per heavy atom. The number of rotatable bonds is 6. The molecule has 0 aliphatic rings. The van der Waals surface area contributed by atoms with Crippen LogP contribution < -0.4 is 5.32 Å². The Labute approximate surface area is 140 Å². The Kier molecular flexibility index (Phi) is 5.15. The predicted molar refractivity (Wildman–Crippen MR) is 94.2 cm³/mol. The Hall–Kier alpha value is -2.76. The molecule has 0 unspecified atom stereocenters. The van der Waals surface area contributed by atoms with Crippen LogP contribution in [0.2, 0.25) is 0 Å². The van der Waals surface area contributed by atoms with Crippen molar-refractivity contribution in [3.63, 3.8) is 0 Å². The summed E-state index contributed by atoms with van der Waals surface area (Å²) in [5.41, 5.74) is 1.85. The van der Waals surface area contributed by atoms with E-state index in [4.69, 9.17) is 4.84 Å². The maximum Gasteiger partial charge on any atom is 0.241 e. The van der Waals surface area contributed by atoms with Gasteiger partial charge in [0.05, 0.1) is 7.11 Å². The third-order valence-corrected chi connectivity index (χ3v) is 3.70. The highest BCUT2D eigenvalue weighted by atomic mass is 16.7. The molecule has 3 aromatic rings. The summed E-state index contributed by atoms with van der Waals surface area (Å²) >= 11 is 0. The molecular weight excluding hydrogens is 302 g/mol. The Balaban J connectivity index is 1.62. The molecule has 3 rings (SSSR count). The van der Waals surface area contributed by atoms with Gasteiger partial charge in [-0.2, -0.15) is 5.06 Å². The smallest absolute Gasteiger partial charge is 0.241 e. The maximum absolute atomic E-state index is 12.3. The van der Waals surface area contributed by atoms with Gasteiger partial charge in [0.1, 0.15) is 6.54 Å². The van der Waals surface area contributed by atoms with Crippen LogP contribution in [0.5, 0.6) is 0 Å². The topological polar surface area (TPSA) is 54.5 Å². The molecule has 122 valence electrons. The quantitative estimate of drug-likeness (QED) is 0.708. The molecule has 0 spiro atoms. The molecule has 5 nitrogen and oxygen atoms in total. The molecule has 5 heteroatoms. The number of amides is 1. The van der Waals surface area contributed by atoms with Crippen molar-refractivity contribution in [3.8, 4) is 0 Å². The minimum Gasteiger partial charge on any atom is -0.325 e. The number of nitrogens with one attached hydrogen (secondary N) is 1. The molecule has 0 saturated heterocycles. The SMILES string of the molecule is CON(CC(=O)Nc1ccc2cnccc2c1)Cc1ccccc1. The molecule has 1 heterocycles. The molecule has 1 N–H and O–H groups in total. The van der Waals surface area contributed by atoms with Gasteiger partial charge in [-0.3, -0.25) is 9.78 Å². The molecule has 1 aromatic heterocycles. The lowest BCUT2D eigenvalue weighted by molar-refractivity contribution is -0.152. The van der Waals surface area contributed by atoms with Gasteiger partial charge in [0, 0.05) is 30.0 Å². The van der Waals surface area contributed by atoms with E-state index < -0.39 is 0 Å². The fourth-order valence-corrected chi connectivity index (χ4v) is 2.49. The minimum atomic E-state index is -0.124. The molecule has 0 fully saturated rings. The zero-order chi connectivity index (χ0) is 16.8. The van der Waals surface area contributed by atoms with Gasteiger partial charge in [-0.1, -0.05) is 36.4 Å². The third-order valence-electron chi connectivity index (χ3n) is 3.70. The second kappa shape index (κ2) is 7.68. The number of nitrogens with zero attached hydrogens (tertiary/aromatic N) is 2. The number of hydrogen-bond acceptors (Lipinski definition) is 4. The number of anilines is 1. The molecule has 0 aliphatic heterocycles. The Morgan fingerprint density at radius 3 is 2.75 bits per heavy atom. The first-order valence-corrected chi connectivity index (χ1v) is 7.71. The van der Waals surface area contributed by atoms with Crippen LogP contribution in [0.4, 0.5) is 5.69 Å². The summed E-state index contributed by atoms with van der Waals surface area (Å²) in [5.74, 6) is -0.124. The van der Waals surface area contributed by atoms with Gasteiger partial charge in [-0.15, -0.1) is 0 Å². The average molecular weight is 321 g/mol. The van der Waals surface area contributed by atoms with Crippen LogP contribution in [0.15, 0.2) is 67.0 Å². The van der Waals surface area contributed by atoms with Crippen LogP contribution in [-0.2, 0) is 16.2 Å². The number of carbonyl (C=O) groups is 1. The van der Waals surface area contributed by atoms with E-state index >= 15 is 0 Å². The van der Waals surface area contributed by atoms with E-state index in [0.29, 0.717) is 6.54 Å². The van der Waals surface area contributed by atoms with Crippen molar-refractivity contribution in [1.82, 2.24) is 10.0 Å². The highest BCUT2D eigenvalue weighted by molar-refractivity contribution is 5.95. The van der Waals surface area contributed by atoms with Crippen molar-refractivity contribution < 1.29 is 9.63 Å². The Morgan fingerprint density at radius 2 is 1.96 bits per heavy atom. The lowest BCUT2D eigenvalue weighted by Crippen LogP contribution is -2.32. The number of benzene rings is 2. The van der Waals surface area contributed by atoms with Crippen LogP contribution in [0, 0.1) is 0 Å². The average Bonchev–Trinajstić information content (AvgIpc) is 2.62. The number of pyridine rings is 1. The van der Waals surface area contributed by atoms with E-state index in [9.17, 15) is 4.79 Å². The molecule has 0 aliphatic carbocycles. The van der Waals surface area contributed by atoms with Gasteiger partial charge in [0.2, 0.25) is 5.91 Å². The van der Waals surface area contributed by atoms with Gasteiger partial charge in [0.25, 0.3) is 0 Å². The summed E-state index contributed by atoms with van der Waals surface area (Å²) in [6.45, 7) is 0.702. The van der Waals surface area contributed by atoms with E-state index in [1.54, 1.807) is 24.6 Å². The summed E-state index contributed by atoms with van der Waals surface area (Å²) in [4.78, 5) is 21.6. The molecule has 0 saturated carbocycles. The van der Waals surface area contributed by atoms with E-state index in [1.807, 2.05) is 54.6 Å². The lowest BCUT2D eigenvalue weighted by atomic mass is 10.1. The first kappa shape index (κ1) is 16.1. The van der Waals surface area contributed by atoms with Gasteiger partial charge >= 0.3 is 0 Å². The van der Waals surface area contributed by atoms with Crippen molar-refractivity contribution in [2.45, 2.75) is 6.54 Å². The van der Waals surface area contributed by atoms with Crippen LogP contribution in [0.3, 0.4) is 0 Å². The molecular formula is C19H19N3O2. The standard InChI is InChI=1S/C19H19N3O2/c1-24-22(13-15-5-3-2-4-6-15)14-19(23)21-18-8-7-17-12-20-10-9-16(17)11-18/h2-12H,13-14H2,1H3,(H,21,23). The van der Waals surface area contributed by atoms with Crippen LogP contribution in [0.1, 0.15) is 5.56 Å². The minimum absolute atomic E-state index is 0.124.